The Morgan fingerprint density at radius 2 is 2.20 bits per heavy atom. The number of aromatic nitrogens is 1. The van der Waals surface area contributed by atoms with Crippen molar-refractivity contribution < 1.29 is 9.90 Å². The van der Waals surface area contributed by atoms with Gasteiger partial charge in [0.15, 0.2) is 0 Å². The zero-order chi connectivity index (χ0) is 14.1. The van der Waals surface area contributed by atoms with Gasteiger partial charge in [-0.05, 0) is 42.5 Å². The number of carboxylic acid groups (broad SMARTS) is 1. The SMILES string of the molecule is O=C(O)C1CCCN(c2ccc3c(=O)[nH]ccc3c2)C1. The van der Waals surface area contributed by atoms with Crippen LogP contribution in [0.25, 0.3) is 10.8 Å². The van der Waals surface area contributed by atoms with Gasteiger partial charge in [-0.3, -0.25) is 9.59 Å². The van der Waals surface area contributed by atoms with Crippen LogP contribution in [0.15, 0.2) is 35.3 Å². The number of benzene rings is 1. The van der Waals surface area contributed by atoms with Crippen LogP contribution in [0.3, 0.4) is 0 Å². The fraction of sp³-hybridized carbons (Fsp3) is 0.333. The third-order valence-corrected chi connectivity index (χ3v) is 3.89. The van der Waals surface area contributed by atoms with Crippen molar-refractivity contribution in [1.29, 1.82) is 0 Å². The molecule has 1 aromatic heterocycles. The molecule has 0 saturated carbocycles. The number of anilines is 1. The second kappa shape index (κ2) is 5.00. The van der Waals surface area contributed by atoms with Gasteiger partial charge < -0.3 is 15.0 Å². The molecule has 1 saturated heterocycles. The van der Waals surface area contributed by atoms with Crippen LogP contribution in [0.5, 0.6) is 0 Å². The second-order valence-corrected chi connectivity index (χ2v) is 5.20. The van der Waals surface area contributed by atoms with Gasteiger partial charge >= 0.3 is 5.97 Å². The van der Waals surface area contributed by atoms with Crippen molar-refractivity contribution in [2.45, 2.75) is 12.8 Å². The summed E-state index contributed by atoms with van der Waals surface area (Å²) in [5, 5.41) is 10.7. The number of H-pyrrole nitrogens is 1. The Morgan fingerprint density at radius 1 is 1.35 bits per heavy atom. The highest BCUT2D eigenvalue weighted by Crippen LogP contribution is 2.25. The summed E-state index contributed by atoms with van der Waals surface area (Å²) < 4.78 is 0. The van der Waals surface area contributed by atoms with Crippen molar-refractivity contribution >= 4 is 22.4 Å². The Morgan fingerprint density at radius 3 is 3.00 bits per heavy atom. The predicted molar refractivity (Wildman–Crippen MR) is 77.1 cm³/mol. The summed E-state index contributed by atoms with van der Waals surface area (Å²) >= 11 is 0. The van der Waals surface area contributed by atoms with Gasteiger partial charge in [0.2, 0.25) is 0 Å². The molecule has 0 radical (unpaired) electrons. The van der Waals surface area contributed by atoms with Crippen LogP contribution < -0.4 is 10.5 Å². The number of piperidine rings is 1. The van der Waals surface area contributed by atoms with Gasteiger partial charge in [0, 0.05) is 30.4 Å². The number of nitrogens with one attached hydrogen (secondary N) is 1. The summed E-state index contributed by atoms with van der Waals surface area (Å²) in [5.74, 6) is -1.04. The number of aliphatic carboxylic acids is 1. The summed E-state index contributed by atoms with van der Waals surface area (Å²) in [6.45, 7) is 1.39. The molecule has 1 fully saturated rings. The topological polar surface area (TPSA) is 73.4 Å². The van der Waals surface area contributed by atoms with Crippen LogP contribution in [0, 0.1) is 5.92 Å². The van der Waals surface area contributed by atoms with E-state index in [9.17, 15) is 9.59 Å². The van der Waals surface area contributed by atoms with E-state index in [0.717, 1.165) is 30.5 Å². The molecule has 1 aromatic carbocycles. The lowest BCUT2D eigenvalue weighted by Crippen LogP contribution is -2.38. The van der Waals surface area contributed by atoms with Crippen molar-refractivity contribution in [1.82, 2.24) is 4.98 Å². The zero-order valence-corrected chi connectivity index (χ0v) is 11.0. The van der Waals surface area contributed by atoms with Crippen LogP contribution in [0.1, 0.15) is 12.8 Å². The Hall–Kier alpha value is -2.30. The van der Waals surface area contributed by atoms with Crippen LogP contribution >= 0.6 is 0 Å². The number of carboxylic acids is 1. The van der Waals surface area contributed by atoms with E-state index in [0.29, 0.717) is 11.9 Å². The first-order valence-corrected chi connectivity index (χ1v) is 6.74. The van der Waals surface area contributed by atoms with Crippen molar-refractivity contribution in [3.8, 4) is 0 Å². The summed E-state index contributed by atoms with van der Waals surface area (Å²) in [5.41, 5.74) is 0.880. The summed E-state index contributed by atoms with van der Waals surface area (Å²) in [7, 11) is 0. The van der Waals surface area contributed by atoms with Crippen LogP contribution in [0.2, 0.25) is 0 Å². The van der Waals surface area contributed by atoms with E-state index >= 15 is 0 Å². The van der Waals surface area contributed by atoms with E-state index in [-0.39, 0.29) is 11.5 Å². The van der Waals surface area contributed by atoms with Crippen LogP contribution in [0.4, 0.5) is 5.69 Å². The summed E-state index contributed by atoms with van der Waals surface area (Å²) in [6.07, 6.45) is 3.24. The number of carbonyl (C=O) groups is 1. The monoisotopic (exact) mass is 272 g/mol. The molecule has 5 heteroatoms. The van der Waals surface area contributed by atoms with E-state index in [1.54, 1.807) is 12.3 Å². The van der Waals surface area contributed by atoms with Crippen LogP contribution in [-0.4, -0.2) is 29.1 Å². The molecule has 2 heterocycles. The molecule has 5 nitrogen and oxygen atoms in total. The highest BCUT2D eigenvalue weighted by Gasteiger charge is 2.25. The Kier molecular flexibility index (Phi) is 3.18. The minimum atomic E-state index is -0.730. The molecular formula is C15H16N2O3. The second-order valence-electron chi connectivity index (χ2n) is 5.20. The first-order valence-electron chi connectivity index (χ1n) is 6.74. The Labute approximate surface area is 115 Å². The van der Waals surface area contributed by atoms with Crippen LogP contribution in [-0.2, 0) is 4.79 Å². The van der Waals surface area contributed by atoms with Gasteiger partial charge in [-0.25, -0.2) is 0 Å². The van der Waals surface area contributed by atoms with Gasteiger partial charge in [-0.15, -0.1) is 0 Å². The van der Waals surface area contributed by atoms with E-state index in [4.69, 9.17) is 5.11 Å². The first kappa shape index (κ1) is 12.7. The molecule has 104 valence electrons. The first-order chi connectivity index (χ1) is 9.65. The molecule has 0 aliphatic carbocycles. The number of aromatic amines is 1. The number of hydrogen-bond donors (Lipinski definition) is 2. The average Bonchev–Trinajstić information content (AvgIpc) is 2.47. The Bertz CT molecular complexity index is 708. The lowest BCUT2D eigenvalue weighted by Gasteiger charge is -2.32. The van der Waals surface area contributed by atoms with E-state index in [1.807, 2.05) is 18.2 Å². The lowest BCUT2D eigenvalue weighted by atomic mass is 9.97. The maximum absolute atomic E-state index is 11.7. The van der Waals surface area contributed by atoms with E-state index in [2.05, 4.69) is 9.88 Å². The van der Waals surface area contributed by atoms with Crippen molar-refractivity contribution in [3.63, 3.8) is 0 Å². The fourth-order valence-electron chi connectivity index (χ4n) is 2.79. The number of rotatable bonds is 2. The molecule has 3 rings (SSSR count). The third kappa shape index (κ3) is 2.27. The number of fused-ring (bicyclic) bond motifs is 1. The zero-order valence-electron chi connectivity index (χ0n) is 11.0. The van der Waals surface area contributed by atoms with Crippen molar-refractivity contribution in [2.75, 3.05) is 18.0 Å². The molecule has 2 N–H and O–H groups in total. The van der Waals surface area contributed by atoms with Gasteiger partial charge in [-0.2, -0.15) is 0 Å². The number of pyridine rings is 1. The van der Waals surface area contributed by atoms with Gasteiger partial charge in [0.1, 0.15) is 0 Å². The molecule has 0 spiro atoms. The molecule has 20 heavy (non-hydrogen) atoms. The minimum Gasteiger partial charge on any atom is -0.481 e. The number of hydrogen-bond acceptors (Lipinski definition) is 3. The van der Waals surface area contributed by atoms with Crippen molar-refractivity contribution in [3.05, 3.63) is 40.8 Å². The molecule has 0 amide bonds. The average molecular weight is 272 g/mol. The molecule has 0 bridgehead atoms. The maximum atomic E-state index is 11.7. The molecule has 1 aliphatic rings. The van der Waals surface area contributed by atoms with Gasteiger partial charge in [0.25, 0.3) is 5.56 Å². The van der Waals surface area contributed by atoms with Crippen molar-refractivity contribution in [2.24, 2.45) is 5.92 Å². The summed E-state index contributed by atoms with van der Waals surface area (Å²) in [4.78, 5) is 27.5. The van der Waals surface area contributed by atoms with E-state index < -0.39 is 5.97 Å². The predicted octanol–water partition coefficient (Wildman–Crippen LogP) is 1.83. The fourth-order valence-corrected chi connectivity index (χ4v) is 2.79. The largest absolute Gasteiger partial charge is 0.481 e. The maximum Gasteiger partial charge on any atom is 0.308 e. The summed E-state index contributed by atoms with van der Waals surface area (Å²) in [6, 6.07) is 7.50. The smallest absolute Gasteiger partial charge is 0.308 e. The molecule has 1 aliphatic heterocycles. The standard InChI is InChI=1S/C15H16N2O3/c18-14-13-4-3-12(8-10(13)5-6-16-14)17-7-1-2-11(9-17)15(19)20/h3-6,8,11H,1-2,7,9H2,(H,16,18)(H,19,20). The Balaban J connectivity index is 1.94. The highest BCUT2D eigenvalue weighted by atomic mass is 16.4. The highest BCUT2D eigenvalue weighted by molar-refractivity contribution is 5.85. The third-order valence-electron chi connectivity index (χ3n) is 3.89. The molecular weight excluding hydrogens is 256 g/mol. The lowest BCUT2D eigenvalue weighted by molar-refractivity contribution is -0.141. The minimum absolute atomic E-state index is 0.101. The molecule has 1 atom stereocenters. The van der Waals surface area contributed by atoms with E-state index in [1.165, 1.54) is 0 Å². The molecule has 1 unspecified atom stereocenters. The van der Waals surface area contributed by atoms with Gasteiger partial charge in [0.05, 0.1) is 5.92 Å². The quantitative estimate of drug-likeness (QED) is 0.874. The number of nitrogens with zero attached hydrogens (tertiary/aromatic N) is 1. The van der Waals surface area contributed by atoms with Gasteiger partial charge in [-0.1, -0.05) is 0 Å². The molecule has 2 aromatic rings. The normalized spacial score (nSPS) is 19.2.